The van der Waals surface area contributed by atoms with E-state index >= 15 is 0 Å². The number of anilines is 1. The van der Waals surface area contributed by atoms with Crippen molar-refractivity contribution in [3.63, 3.8) is 0 Å². The Hall–Kier alpha value is -4.20. The third-order valence-corrected chi connectivity index (χ3v) is 4.69. The quantitative estimate of drug-likeness (QED) is 0.517. The minimum absolute atomic E-state index is 0.324. The lowest BCUT2D eigenvalue weighted by Gasteiger charge is -2.14. The number of aromatic nitrogens is 3. The van der Waals surface area contributed by atoms with E-state index in [0.29, 0.717) is 28.3 Å². The number of ether oxygens (including phenoxy) is 1. The summed E-state index contributed by atoms with van der Waals surface area (Å²) in [5, 5.41) is 7.02. The van der Waals surface area contributed by atoms with Gasteiger partial charge in [-0.15, -0.1) is 0 Å². The molecular formula is C23H19FN4O3. The number of alkyl halides is 1. The number of aryl methyl sites for hydroxylation is 1. The van der Waals surface area contributed by atoms with Crippen molar-refractivity contribution >= 4 is 11.6 Å². The smallest absolute Gasteiger partial charge is 0.257 e. The molecular weight excluding hydrogens is 399 g/mol. The van der Waals surface area contributed by atoms with Gasteiger partial charge in [0.1, 0.15) is 5.75 Å². The highest BCUT2D eigenvalue weighted by atomic mass is 19.1. The second kappa shape index (κ2) is 8.66. The number of halogens is 1. The van der Waals surface area contributed by atoms with Crippen molar-refractivity contribution in [2.75, 3.05) is 12.2 Å². The number of hydrogen-bond acceptors (Lipinski definition) is 4. The molecule has 31 heavy (non-hydrogen) atoms. The highest BCUT2D eigenvalue weighted by molar-refractivity contribution is 6.06. The van der Waals surface area contributed by atoms with Crippen LogP contribution in [0.2, 0.25) is 0 Å². The molecule has 0 radical (unpaired) electrons. The molecule has 156 valence electrons. The zero-order valence-electron chi connectivity index (χ0n) is 16.7. The first-order chi connectivity index (χ1) is 15.0. The zero-order chi connectivity index (χ0) is 21.8. The molecule has 0 aliphatic carbocycles. The number of carbonyl (C=O) groups excluding carboxylic acids is 1. The van der Waals surface area contributed by atoms with Crippen LogP contribution in [-0.2, 0) is 7.05 Å². The van der Waals surface area contributed by atoms with E-state index in [1.807, 2.05) is 6.07 Å². The number of nitrogens with zero attached hydrogens (tertiary/aromatic N) is 3. The van der Waals surface area contributed by atoms with Gasteiger partial charge in [-0.2, -0.15) is 5.10 Å². The molecule has 0 saturated heterocycles. The highest BCUT2D eigenvalue weighted by Crippen LogP contribution is 2.28. The van der Waals surface area contributed by atoms with Gasteiger partial charge in [-0.1, -0.05) is 18.2 Å². The topological polar surface area (TPSA) is 78.1 Å². The summed E-state index contributed by atoms with van der Waals surface area (Å²) >= 11 is 0. The van der Waals surface area contributed by atoms with Gasteiger partial charge in [0.25, 0.3) is 11.5 Å². The van der Waals surface area contributed by atoms with Crippen molar-refractivity contribution in [3.05, 3.63) is 95.2 Å². The van der Waals surface area contributed by atoms with Crippen molar-refractivity contribution in [2.24, 2.45) is 7.05 Å². The summed E-state index contributed by atoms with van der Waals surface area (Å²) in [7, 11) is 1.78. The molecule has 7 nitrogen and oxygen atoms in total. The molecule has 0 atom stereocenters. The fourth-order valence-electron chi connectivity index (χ4n) is 3.18. The van der Waals surface area contributed by atoms with Crippen LogP contribution in [0.15, 0.2) is 84.0 Å². The van der Waals surface area contributed by atoms with Gasteiger partial charge >= 0.3 is 0 Å². The SMILES string of the molecule is Cn1cc(-c2cn(-c3ccc(OCF)cc3)c(=O)cc2NC(=O)c2ccccc2)cn1. The fourth-order valence-corrected chi connectivity index (χ4v) is 3.18. The van der Waals surface area contributed by atoms with E-state index in [-0.39, 0.29) is 11.5 Å². The summed E-state index contributed by atoms with van der Waals surface area (Å²) in [6.45, 7) is -0.930. The average molecular weight is 418 g/mol. The van der Waals surface area contributed by atoms with Gasteiger partial charge in [0.05, 0.1) is 11.9 Å². The van der Waals surface area contributed by atoms with E-state index in [0.717, 1.165) is 5.56 Å². The first kappa shape index (κ1) is 20.1. The predicted molar refractivity (Wildman–Crippen MR) is 115 cm³/mol. The maximum Gasteiger partial charge on any atom is 0.257 e. The fraction of sp³-hybridized carbons (Fsp3) is 0.0870. The Labute approximate surface area is 177 Å². The maximum absolute atomic E-state index is 12.9. The molecule has 2 heterocycles. The van der Waals surface area contributed by atoms with E-state index in [9.17, 15) is 14.0 Å². The molecule has 4 rings (SSSR count). The molecule has 0 bridgehead atoms. The normalized spacial score (nSPS) is 10.6. The zero-order valence-corrected chi connectivity index (χ0v) is 16.7. The molecule has 1 N–H and O–H groups in total. The van der Waals surface area contributed by atoms with E-state index < -0.39 is 6.86 Å². The second-order valence-electron chi connectivity index (χ2n) is 6.78. The Balaban J connectivity index is 1.77. The standard InChI is InChI=1S/C23H19FN4O3/c1-27-13-17(12-25-27)20-14-28(18-7-9-19(10-8-18)31-15-24)22(29)11-21(20)26-23(30)16-5-3-2-4-6-16/h2-14H,15H2,1H3,(H,26,30). The average Bonchev–Trinajstić information content (AvgIpc) is 3.21. The maximum atomic E-state index is 12.9. The Kier molecular flexibility index (Phi) is 5.61. The van der Waals surface area contributed by atoms with Gasteiger partial charge in [-0.25, -0.2) is 4.39 Å². The lowest BCUT2D eigenvalue weighted by molar-refractivity contribution is 0.102. The molecule has 0 aliphatic rings. The van der Waals surface area contributed by atoms with Gasteiger partial charge < -0.3 is 10.1 Å². The van der Waals surface area contributed by atoms with Gasteiger partial charge in [0.2, 0.25) is 6.86 Å². The molecule has 8 heteroatoms. The number of benzene rings is 2. The molecule has 0 spiro atoms. The molecule has 2 aromatic carbocycles. The molecule has 0 aliphatic heterocycles. The number of nitrogens with one attached hydrogen (secondary N) is 1. The van der Waals surface area contributed by atoms with Gasteiger partial charge in [-0.3, -0.25) is 18.8 Å². The predicted octanol–water partition coefficient (Wildman–Crippen LogP) is 3.80. The summed E-state index contributed by atoms with van der Waals surface area (Å²) in [6, 6.07) is 16.6. The Morgan fingerprint density at radius 3 is 2.48 bits per heavy atom. The van der Waals surface area contributed by atoms with Crippen molar-refractivity contribution in [3.8, 4) is 22.6 Å². The molecule has 2 aromatic heterocycles. The Morgan fingerprint density at radius 1 is 1.10 bits per heavy atom. The van der Waals surface area contributed by atoms with Crippen LogP contribution in [0.3, 0.4) is 0 Å². The van der Waals surface area contributed by atoms with E-state index in [1.54, 1.807) is 78.9 Å². The number of hydrogen-bond donors (Lipinski definition) is 1. The van der Waals surface area contributed by atoms with E-state index in [2.05, 4.69) is 10.4 Å². The second-order valence-corrected chi connectivity index (χ2v) is 6.78. The van der Waals surface area contributed by atoms with Crippen molar-refractivity contribution in [2.45, 2.75) is 0 Å². The Bertz CT molecular complexity index is 1260. The summed E-state index contributed by atoms with van der Waals surface area (Å²) < 4.78 is 20.3. The van der Waals surface area contributed by atoms with Crippen molar-refractivity contribution in [1.29, 1.82) is 0 Å². The number of rotatable bonds is 6. The summed E-state index contributed by atoms with van der Waals surface area (Å²) in [4.78, 5) is 25.5. The monoisotopic (exact) mass is 418 g/mol. The minimum atomic E-state index is -0.930. The third kappa shape index (κ3) is 4.37. The van der Waals surface area contributed by atoms with Gasteiger partial charge in [-0.05, 0) is 36.4 Å². The molecule has 0 fully saturated rings. The van der Waals surface area contributed by atoms with Crippen LogP contribution in [0.4, 0.5) is 10.1 Å². The highest BCUT2D eigenvalue weighted by Gasteiger charge is 2.15. The van der Waals surface area contributed by atoms with Crippen LogP contribution in [0.5, 0.6) is 5.75 Å². The lowest BCUT2D eigenvalue weighted by Crippen LogP contribution is -2.20. The molecule has 0 unspecified atom stereocenters. The number of carbonyl (C=O) groups is 1. The molecule has 1 amide bonds. The van der Waals surface area contributed by atoms with Crippen molar-refractivity contribution < 1.29 is 13.9 Å². The summed E-state index contributed by atoms with van der Waals surface area (Å²) in [6.07, 6.45) is 5.09. The molecule has 4 aromatic rings. The Morgan fingerprint density at radius 2 is 1.84 bits per heavy atom. The summed E-state index contributed by atoms with van der Waals surface area (Å²) in [5.74, 6) is 0.0362. The van der Waals surface area contributed by atoms with Gasteiger partial charge in [0, 0.05) is 47.9 Å². The van der Waals surface area contributed by atoms with Crippen LogP contribution >= 0.6 is 0 Å². The largest absolute Gasteiger partial charge is 0.463 e. The van der Waals surface area contributed by atoms with Crippen LogP contribution < -0.4 is 15.6 Å². The number of amides is 1. The minimum Gasteiger partial charge on any atom is -0.463 e. The van der Waals surface area contributed by atoms with E-state index in [1.165, 1.54) is 10.6 Å². The lowest BCUT2D eigenvalue weighted by atomic mass is 10.1. The van der Waals surface area contributed by atoms with Gasteiger partial charge in [0.15, 0.2) is 0 Å². The first-order valence-electron chi connectivity index (χ1n) is 9.46. The van der Waals surface area contributed by atoms with Crippen LogP contribution in [-0.4, -0.2) is 27.1 Å². The first-order valence-corrected chi connectivity index (χ1v) is 9.46. The van der Waals surface area contributed by atoms with Crippen LogP contribution in [0.25, 0.3) is 16.8 Å². The molecule has 0 saturated carbocycles. The van der Waals surface area contributed by atoms with Crippen LogP contribution in [0.1, 0.15) is 10.4 Å². The third-order valence-electron chi connectivity index (χ3n) is 4.69. The summed E-state index contributed by atoms with van der Waals surface area (Å²) in [5.41, 5.74) is 2.45. The van der Waals surface area contributed by atoms with Crippen molar-refractivity contribution in [1.82, 2.24) is 14.3 Å². The number of pyridine rings is 1. The van der Waals surface area contributed by atoms with E-state index in [4.69, 9.17) is 4.74 Å². The van der Waals surface area contributed by atoms with Crippen LogP contribution in [0, 0.1) is 0 Å².